The van der Waals surface area contributed by atoms with Crippen LogP contribution in [0.1, 0.15) is 43.4 Å². The molecule has 4 saturated heterocycles. The molecule has 3 aromatic rings. The number of urea groups is 1. The average molecular weight is 557 g/mol. The standard InChI is InChI=1S/C20H24N2O2.C12H12N2O3/c1-3-13-12-22-9-7-14(13)10-19(22)20(23)16-6-8-21-18-5-4-15(24-2)11-17(16)18;1-2-12(8-6-4-3-5-7-8)9(15)13-11(17)14-10(12)16/h3-6,8,11,13-14,19-20,23H,1,7,9-10,12H2,2H3;3-7H,2H2,1H3,(H2,13,14,15,16,17). The first-order valence-corrected chi connectivity index (χ1v) is 14.0. The Hall–Kier alpha value is -4.08. The number of ether oxygens (including phenoxy) is 1. The summed E-state index contributed by atoms with van der Waals surface area (Å²) in [6, 6.07) is 15.9. The first-order chi connectivity index (χ1) is 19.8. The van der Waals surface area contributed by atoms with Crippen LogP contribution in [0.4, 0.5) is 4.79 Å². The minimum atomic E-state index is -1.31. The van der Waals surface area contributed by atoms with Gasteiger partial charge in [-0.25, -0.2) is 4.79 Å². The van der Waals surface area contributed by atoms with Gasteiger partial charge in [0.25, 0.3) is 0 Å². The van der Waals surface area contributed by atoms with Crippen LogP contribution in [0.25, 0.3) is 10.9 Å². The number of pyridine rings is 1. The first-order valence-electron chi connectivity index (χ1n) is 14.0. The molecule has 7 rings (SSSR count). The van der Waals surface area contributed by atoms with Crippen molar-refractivity contribution in [3.8, 4) is 5.75 Å². The molecule has 0 radical (unpaired) electrons. The van der Waals surface area contributed by atoms with Gasteiger partial charge in [0.15, 0.2) is 5.41 Å². The fraction of sp³-hybridized carbons (Fsp3) is 0.375. The van der Waals surface area contributed by atoms with Crippen molar-refractivity contribution in [2.24, 2.45) is 11.8 Å². The molecule has 9 nitrogen and oxygen atoms in total. The molecule has 5 heterocycles. The van der Waals surface area contributed by atoms with Crippen LogP contribution >= 0.6 is 0 Å². The second kappa shape index (κ2) is 11.8. The summed E-state index contributed by atoms with van der Waals surface area (Å²) in [5, 5.41) is 16.4. The zero-order valence-corrected chi connectivity index (χ0v) is 23.4. The van der Waals surface area contributed by atoms with E-state index in [1.807, 2.05) is 24.3 Å². The van der Waals surface area contributed by atoms with Crippen LogP contribution in [0.3, 0.4) is 0 Å². The Morgan fingerprint density at radius 2 is 1.88 bits per heavy atom. The lowest BCUT2D eigenvalue weighted by Gasteiger charge is -2.50. The molecule has 2 aromatic carbocycles. The predicted molar refractivity (Wildman–Crippen MR) is 155 cm³/mol. The summed E-state index contributed by atoms with van der Waals surface area (Å²) in [7, 11) is 1.66. The molecular formula is C32H36N4O5. The minimum absolute atomic E-state index is 0.178. The van der Waals surface area contributed by atoms with Gasteiger partial charge in [0.2, 0.25) is 11.8 Å². The summed E-state index contributed by atoms with van der Waals surface area (Å²) in [5.74, 6) is 0.868. The maximum absolute atomic E-state index is 12.0. The van der Waals surface area contributed by atoms with Crippen molar-refractivity contribution in [2.75, 3.05) is 20.2 Å². The SMILES string of the molecule is C=CC1CN2CCC1CC2C(O)c1ccnc2ccc(OC)cc12.CCC1(c2ccccc2)C(=O)NC(=O)NC1=O. The fourth-order valence-corrected chi connectivity index (χ4v) is 6.51. The summed E-state index contributed by atoms with van der Waals surface area (Å²) in [4.78, 5) is 41.9. The van der Waals surface area contributed by atoms with E-state index >= 15 is 0 Å². The topological polar surface area (TPSA) is 121 Å². The van der Waals surface area contributed by atoms with Crippen molar-refractivity contribution in [1.29, 1.82) is 0 Å². The Morgan fingerprint density at radius 1 is 1.15 bits per heavy atom. The molecule has 5 atom stereocenters. The van der Waals surface area contributed by atoms with Crippen molar-refractivity contribution >= 4 is 28.7 Å². The molecule has 0 spiro atoms. The number of piperidine rings is 3. The minimum Gasteiger partial charge on any atom is -0.497 e. The van der Waals surface area contributed by atoms with Crippen LogP contribution in [0.15, 0.2) is 73.4 Å². The van der Waals surface area contributed by atoms with E-state index in [4.69, 9.17) is 4.74 Å². The number of barbiturate groups is 1. The Kier molecular flexibility index (Phi) is 8.19. The molecule has 3 N–H and O–H groups in total. The summed E-state index contributed by atoms with van der Waals surface area (Å²) in [6.45, 7) is 7.81. The van der Waals surface area contributed by atoms with Crippen LogP contribution in [0.5, 0.6) is 5.75 Å². The van der Waals surface area contributed by atoms with Gasteiger partial charge in [-0.1, -0.05) is 43.3 Å². The number of hydrogen-bond acceptors (Lipinski definition) is 7. The van der Waals surface area contributed by atoms with Crippen molar-refractivity contribution in [1.82, 2.24) is 20.5 Å². The van der Waals surface area contributed by atoms with Crippen LogP contribution in [0, 0.1) is 11.8 Å². The number of nitrogens with zero attached hydrogens (tertiary/aromatic N) is 2. The quantitative estimate of drug-likeness (QED) is 0.311. The summed E-state index contributed by atoms with van der Waals surface area (Å²) in [6.07, 6.45) is 5.91. The molecule has 0 saturated carbocycles. The van der Waals surface area contributed by atoms with Crippen LogP contribution in [-0.2, 0) is 15.0 Å². The smallest absolute Gasteiger partial charge is 0.328 e. The largest absolute Gasteiger partial charge is 0.497 e. The highest BCUT2D eigenvalue weighted by atomic mass is 16.5. The van der Waals surface area contributed by atoms with Gasteiger partial charge in [-0.2, -0.15) is 0 Å². The third-order valence-corrected chi connectivity index (χ3v) is 8.85. The van der Waals surface area contributed by atoms with Gasteiger partial charge in [-0.15, -0.1) is 6.58 Å². The van der Waals surface area contributed by atoms with Gasteiger partial charge in [0.1, 0.15) is 5.75 Å². The monoisotopic (exact) mass is 556 g/mol. The molecule has 4 aliphatic heterocycles. The van der Waals surface area contributed by atoms with E-state index in [9.17, 15) is 19.5 Å². The number of fused-ring (bicyclic) bond motifs is 4. The van der Waals surface area contributed by atoms with E-state index in [0.29, 0.717) is 23.8 Å². The molecule has 2 bridgehead atoms. The molecule has 1 aromatic heterocycles. The normalized spacial score (nSPS) is 25.4. The van der Waals surface area contributed by atoms with Gasteiger partial charge in [-0.3, -0.25) is 30.1 Å². The molecule has 0 aliphatic carbocycles. The number of carbonyl (C=O) groups excluding carboxylic acids is 3. The lowest BCUT2D eigenvalue weighted by molar-refractivity contribution is -0.138. The number of aliphatic hydroxyl groups is 1. The highest BCUT2D eigenvalue weighted by molar-refractivity contribution is 6.22. The lowest BCUT2D eigenvalue weighted by atomic mass is 9.73. The molecule has 41 heavy (non-hydrogen) atoms. The zero-order chi connectivity index (χ0) is 29.1. The van der Waals surface area contributed by atoms with Crippen LogP contribution < -0.4 is 15.4 Å². The number of aliphatic hydroxyl groups excluding tert-OH is 1. The molecule has 4 fully saturated rings. The number of hydrogen-bond donors (Lipinski definition) is 3. The second-order valence-electron chi connectivity index (χ2n) is 10.8. The van der Waals surface area contributed by atoms with E-state index in [0.717, 1.165) is 41.7 Å². The van der Waals surface area contributed by atoms with Gasteiger partial charge >= 0.3 is 6.03 Å². The maximum Gasteiger partial charge on any atom is 0.328 e. The number of aromatic nitrogens is 1. The van der Waals surface area contributed by atoms with Crippen molar-refractivity contribution in [3.05, 3.63) is 84.6 Å². The first kappa shape index (κ1) is 28.4. The Balaban J connectivity index is 0.000000175. The van der Waals surface area contributed by atoms with E-state index in [1.54, 1.807) is 50.6 Å². The van der Waals surface area contributed by atoms with E-state index in [-0.39, 0.29) is 6.04 Å². The molecule has 4 aliphatic rings. The fourth-order valence-electron chi connectivity index (χ4n) is 6.51. The molecule has 5 unspecified atom stereocenters. The van der Waals surface area contributed by atoms with Gasteiger partial charge in [0, 0.05) is 24.2 Å². The number of amides is 4. The number of carbonyl (C=O) groups is 3. The lowest BCUT2D eigenvalue weighted by Crippen LogP contribution is -2.64. The van der Waals surface area contributed by atoms with Crippen molar-refractivity contribution in [3.63, 3.8) is 0 Å². The highest BCUT2D eigenvalue weighted by Crippen LogP contribution is 2.42. The number of methoxy groups -OCH3 is 1. The van der Waals surface area contributed by atoms with Crippen molar-refractivity contribution in [2.45, 2.75) is 43.7 Å². The van der Waals surface area contributed by atoms with Gasteiger partial charge < -0.3 is 9.84 Å². The average Bonchev–Trinajstić information content (AvgIpc) is 3.01. The van der Waals surface area contributed by atoms with Crippen LogP contribution in [0.2, 0.25) is 0 Å². The van der Waals surface area contributed by atoms with Crippen molar-refractivity contribution < 1.29 is 24.2 Å². The van der Waals surface area contributed by atoms with Crippen LogP contribution in [-0.4, -0.2) is 59.1 Å². The number of nitrogens with one attached hydrogen (secondary N) is 2. The highest BCUT2D eigenvalue weighted by Gasteiger charge is 2.50. The Bertz CT molecular complexity index is 1440. The number of imide groups is 2. The Labute approximate surface area is 239 Å². The summed E-state index contributed by atoms with van der Waals surface area (Å²) < 4.78 is 5.35. The van der Waals surface area contributed by atoms with E-state index in [1.165, 1.54) is 6.42 Å². The molecule has 9 heteroatoms. The number of rotatable bonds is 6. The van der Waals surface area contributed by atoms with E-state index in [2.05, 4.69) is 33.2 Å². The third-order valence-electron chi connectivity index (χ3n) is 8.85. The third kappa shape index (κ3) is 5.23. The zero-order valence-electron chi connectivity index (χ0n) is 23.4. The maximum atomic E-state index is 12.0. The Morgan fingerprint density at radius 3 is 2.49 bits per heavy atom. The second-order valence-corrected chi connectivity index (χ2v) is 10.8. The summed E-state index contributed by atoms with van der Waals surface area (Å²) in [5.41, 5.74) is 1.12. The molecule has 4 amide bonds. The van der Waals surface area contributed by atoms with Gasteiger partial charge in [-0.05, 0) is 73.0 Å². The summed E-state index contributed by atoms with van der Waals surface area (Å²) >= 11 is 0. The number of benzene rings is 2. The van der Waals surface area contributed by atoms with Gasteiger partial charge in [0.05, 0.1) is 18.7 Å². The molecular weight excluding hydrogens is 520 g/mol. The predicted octanol–water partition coefficient (Wildman–Crippen LogP) is 3.87. The molecule has 214 valence electrons. The van der Waals surface area contributed by atoms with E-state index < -0.39 is 29.4 Å².